The minimum atomic E-state index is -4.64. The van der Waals surface area contributed by atoms with Gasteiger partial charge in [0.25, 0.3) is 0 Å². The Kier molecular flexibility index (Phi) is 2.85. The average molecular weight is 222 g/mol. The smallest absolute Gasteiger partial charge is 0.416 e. The molecule has 0 saturated heterocycles. The third-order valence-electron chi connectivity index (χ3n) is 1.63. The standard InChI is InChI=1S/C8H5F3O4/c9-8(10,11)4-1-2-6(12)5(3-4)7(13)15-14/h1-3,12,14H. The summed E-state index contributed by atoms with van der Waals surface area (Å²) < 4.78 is 36.5. The number of phenols is 1. The minimum Gasteiger partial charge on any atom is -0.507 e. The molecule has 2 N–H and O–H groups in total. The van der Waals surface area contributed by atoms with Gasteiger partial charge in [0, 0.05) is 0 Å². The molecule has 0 unspecified atom stereocenters. The van der Waals surface area contributed by atoms with Gasteiger partial charge in [0.1, 0.15) is 11.3 Å². The molecule has 7 heteroatoms. The van der Waals surface area contributed by atoms with Crippen molar-refractivity contribution in [1.29, 1.82) is 0 Å². The molecule has 1 rings (SSSR count). The van der Waals surface area contributed by atoms with Crippen LogP contribution in [0.1, 0.15) is 15.9 Å². The Morgan fingerprint density at radius 3 is 2.40 bits per heavy atom. The van der Waals surface area contributed by atoms with Crippen molar-refractivity contribution in [2.75, 3.05) is 0 Å². The van der Waals surface area contributed by atoms with E-state index in [0.29, 0.717) is 18.2 Å². The predicted octanol–water partition coefficient (Wildman–Crippen LogP) is 2.04. The lowest BCUT2D eigenvalue weighted by molar-refractivity contribution is -0.183. The quantitative estimate of drug-likeness (QED) is 0.563. The van der Waals surface area contributed by atoms with Gasteiger partial charge in [-0.15, -0.1) is 0 Å². The van der Waals surface area contributed by atoms with Gasteiger partial charge in [-0.25, -0.2) is 4.79 Å². The summed E-state index contributed by atoms with van der Waals surface area (Å²) in [6, 6.07) is 1.67. The van der Waals surface area contributed by atoms with Gasteiger partial charge < -0.3 is 5.11 Å². The first-order valence-corrected chi connectivity index (χ1v) is 3.62. The van der Waals surface area contributed by atoms with E-state index in [-0.39, 0.29) is 0 Å². The lowest BCUT2D eigenvalue weighted by Crippen LogP contribution is -2.08. The van der Waals surface area contributed by atoms with Crippen LogP contribution in [0.5, 0.6) is 5.75 Å². The van der Waals surface area contributed by atoms with Crippen molar-refractivity contribution in [3.05, 3.63) is 29.3 Å². The molecule has 0 aliphatic heterocycles. The topological polar surface area (TPSA) is 66.8 Å². The lowest BCUT2D eigenvalue weighted by Gasteiger charge is -2.08. The van der Waals surface area contributed by atoms with Crippen molar-refractivity contribution in [1.82, 2.24) is 0 Å². The monoisotopic (exact) mass is 222 g/mol. The molecule has 0 atom stereocenters. The highest BCUT2D eigenvalue weighted by atomic mass is 19.4. The Morgan fingerprint density at radius 2 is 1.93 bits per heavy atom. The number of rotatable bonds is 1. The number of carbonyl (C=O) groups excluding carboxylic acids is 1. The van der Waals surface area contributed by atoms with Crippen LogP contribution in [0.4, 0.5) is 13.2 Å². The molecule has 0 amide bonds. The van der Waals surface area contributed by atoms with Crippen LogP contribution in [0.15, 0.2) is 18.2 Å². The molecule has 82 valence electrons. The number of carbonyl (C=O) groups is 1. The Morgan fingerprint density at radius 1 is 1.33 bits per heavy atom. The summed E-state index contributed by atoms with van der Waals surface area (Å²) in [6.07, 6.45) is -4.64. The van der Waals surface area contributed by atoms with E-state index >= 15 is 0 Å². The molecule has 0 bridgehead atoms. The minimum absolute atomic E-state index is 0.383. The second kappa shape index (κ2) is 3.77. The fourth-order valence-electron chi connectivity index (χ4n) is 0.925. The molecule has 15 heavy (non-hydrogen) atoms. The highest BCUT2D eigenvalue weighted by molar-refractivity contribution is 5.92. The molecule has 0 aliphatic rings. The zero-order valence-corrected chi connectivity index (χ0v) is 7.08. The maximum absolute atomic E-state index is 12.2. The van der Waals surface area contributed by atoms with Crippen LogP contribution in [-0.2, 0) is 11.1 Å². The summed E-state index contributed by atoms with van der Waals surface area (Å²) in [5.74, 6) is -2.17. The first kappa shape index (κ1) is 11.3. The van der Waals surface area contributed by atoms with Gasteiger partial charge in [-0.1, -0.05) is 0 Å². The van der Waals surface area contributed by atoms with E-state index in [9.17, 15) is 18.0 Å². The van der Waals surface area contributed by atoms with Gasteiger partial charge in [-0.3, -0.25) is 4.89 Å². The fourth-order valence-corrected chi connectivity index (χ4v) is 0.925. The van der Waals surface area contributed by atoms with Crippen LogP contribution >= 0.6 is 0 Å². The van der Waals surface area contributed by atoms with Crippen LogP contribution in [0.25, 0.3) is 0 Å². The lowest BCUT2D eigenvalue weighted by atomic mass is 10.1. The molecule has 0 heterocycles. The van der Waals surface area contributed by atoms with E-state index in [1.54, 1.807) is 0 Å². The fraction of sp³-hybridized carbons (Fsp3) is 0.125. The van der Waals surface area contributed by atoms with Crippen molar-refractivity contribution >= 4 is 5.97 Å². The molecule has 0 fully saturated rings. The molecular formula is C8H5F3O4. The summed E-state index contributed by atoms with van der Waals surface area (Å²) in [5, 5.41) is 17.0. The van der Waals surface area contributed by atoms with E-state index < -0.39 is 29.0 Å². The number of aromatic hydroxyl groups is 1. The van der Waals surface area contributed by atoms with Gasteiger partial charge in [-0.2, -0.15) is 18.4 Å². The molecule has 0 saturated carbocycles. The van der Waals surface area contributed by atoms with Crippen molar-refractivity contribution in [3.8, 4) is 5.75 Å². The Labute approximate surface area is 81.5 Å². The van der Waals surface area contributed by atoms with Gasteiger partial charge in [-0.05, 0) is 18.2 Å². The molecule has 0 aromatic heterocycles. The zero-order valence-electron chi connectivity index (χ0n) is 7.08. The van der Waals surface area contributed by atoms with E-state index in [1.165, 1.54) is 0 Å². The summed E-state index contributed by atoms with van der Waals surface area (Å²) in [5.41, 5.74) is -1.88. The molecule has 1 aromatic carbocycles. The molecule has 0 aliphatic carbocycles. The summed E-state index contributed by atoms with van der Waals surface area (Å²) in [7, 11) is 0. The van der Waals surface area contributed by atoms with Crippen molar-refractivity contribution in [2.45, 2.75) is 6.18 Å². The normalized spacial score (nSPS) is 11.2. The zero-order chi connectivity index (χ0) is 11.6. The van der Waals surface area contributed by atoms with Crippen molar-refractivity contribution in [2.24, 2.45) is 0 Å². The Hall–Kier alpha value is -1.76. The summed E-state index contributed by atoms with van der Waals surface area (Å²) >= 11 is 0. The number of hydrogen-bond donors (Lipinski definition) is 2. The van der Waals surface area contributed by atoms with Crippen molar-refractivity contribution in [3.63, 3.8) is 0 Å². The number of halogens is 3. The van der Waals surface area contributed by atoms with Gasteiger partial charge in [0.15, 0.2) is 0 Å². The Balaban J connectivity index is 3.23. The van der Waals surface area contributed by atoms with Gasteiger partial charge in [0.05, 0.1) is 5.56 Å². The number of alkyl halides is 3. The number of phenolic OH excluding ortho intramolecular Hbond substituents is 1. The molecular weight excluding hydrogens is 217 g/mol. The molecule has 1 aromatic rings. The van der Waals surface area contributed by atoms with E-state index in [1.807, 2.05) is 0 Å². The largest absolute Gasteiger partial charge is 0.507 e. The number of hydrogen-bond acceptors (Lipinski definition) is 4. The van der Waals surface area contributed by atoms with Gasteiger partial charge in [0.2, 0.25) is 0 Å². The molecule has 0 spiro atoms. The first-order valence-electron chi connectivity index (χ1n) is 3.62. The number of benzene rings is 1. The third-order valence-corrected chi connectivity index (χ3v) is 1.63. The maximum Gasteiger partial charge on any atom is 0.416 e. The molecule has 4 nitrogen and oxygen atoms in total. The summed E-state index contributed by atoms with van der Waals surface area (Å²) in [4.78, 5) is 13.9. The van der Waals surface area contributed by atoms with Crippen LogP contribution in [0.3, 0.4) is 0 Å². The summed E-state index contributed by atoms with van der Waals surface area (Å²) in [6.45, 7) is 0. The highest BCUT2D eigenvalue weighted by Crippen LogP contribution is 2.32. The van der Waals surface area contributed by atoms with Crippen LogP contribution in [-0.4, -0.2) is 16.3 Å². The van der Waals surface area contributed by atoms with Crippen molar-refractivity contribution < 1.29 is 33.2 Å². The molecule has 0 radical (unpaired) electrons. The predicted molar refractivity (Wildman–Crippen MR) is 41.2 cm³/mol. The van der Waals surface area contributed by atoms with E-state index in [2.05, 4.69) is 4.89 Å². The Bertz CT molecular complexity index is 386. The third kappa shape index (κ3) is 2.38. The second-order valence-corrected chi connectivity index (χ2v) is 2.61. The van der Waals surface area contributed by atoms with Crippen LogP contribution in [0.2, 0.25) is 0 Å². The van der Waals surface area contributed by atoms with Crippen LogP contribution < -0.4 is 0 Å². The van der Waals surface area contributed by atoms with E-state index in [4.69, 9.17) is 10.4 Å². The second-order valence-electron chi connectivity index (χ2n) is 2.61. The van der Waals surface area contributed by atoms with E-state index in [0.717, 1.165) is 0 Å². The van der Waals surface area contributed by atoms with Gasteiger partial charge >= 0.3 is 12.1 Å². The average Bonchev–Trinajstić information content (AvgIpc) is 2.15. The SMILES string of the molecule is O=C(OO)c1cc(C(F)(F)F)ccc1O. The highest BCUT2D eigenvalue weighted by Gasteiger charge is 2.32. The first-order chi connectivity index (χ1) is 6.86. The van der Waals surface area contributed by atoms with Crippen LogP contribution in [0, 0.1) is 0 Å². The maximum atomic E-state index is 12.2.